The average molecular weight is 258 g/mol. The van der Waals surface area contributed by atoms with E-state index in [9.17, 15) is 5.11 Å². The number of aliphatic hydroxyl groups is 1. The molecule has 1 aliphatic heterocycles. The Balaban J connectivity index is 1.78. The van der Waals surface area contributed by atoms with Crippen LogP contribution in [-0.2, 0) is 0 Å². The second-order valence-electron chi connectivity index (χ2n) is 5.63. The fraction of sp³-hybridized carbons (Fsp3) is 0.529. The summed E-state index contributed by atoms with van der Waals surface area (Å²) in [6.07, 6.45) is 9.14. The second kappa shape index (κ2) is 5.79. The van der Waals surface area contributed by atoms with Gasteiger partial charge < -0.3 is 9.84 Å². The lowest BCUT2D eigenvalue weighted by Gasteiger charge is -2.22. The van der Waals surface area contributed by atoms with Crippen LogP contribution in [0.4, 0.5) is 0 Å². The van der Waals surface area contributed by atoms with E-state index in [2.05, 4.69) is 12.1 Å². The lowest BCUT2D eigenvalue weighted by Crippen LogP contribution is -2.22. The highest BCUT2D eigenvalue weighted by molar-refractivity contribution is 5.41. The minimum absolute atomic E-state index is 0.113. The van der Waals surface area contributed by atoms with Crippen LogP contribution in [0.5, 0.6) is 5.75 Å². The molecular weight excluding hydrogens is 236 g/mol. The van der Waals surface area contributed by atoms with Crippen molar-refractivity contribution >= 4 is 0 Å². The van der Waals surface area contributed by atoms with E-state index in [0.717, 1.165) is 24.2 Å². The van der Waals surface area contributed by atoms with Crippen LogP contribution in [0.1, 0.15) is 50.0 Å². The quantitative estimate of drug-likeness (QED) is 0.817. The van der Waals surface area contributed by atoms with Gasteiger partial charge in [-0.2, -0.15) is 0 Å². The average Bonchev–Trinajstić information content (AvgIpc) is 2.81. The molecule has 0 fully saturated rings. The first-order valence-corrected chi connectivity index (χ1v) is 7.45. The molecule has 0 saturated carbocycles. The molecule has 2 aliphatic rings. The van der Waals surface area contributed by atoms with Crippen molar-refractivity contribution in [3.05, 3.63) is 41.5 Å². The summed E-state index contributed by atoms with van der Waals surface area (Å²) in [4.78, 5) is 0. The Kier molecular flexibility index (Phi) is 3.88. The maximum absolute atomic E-state index is 10.7. The summed E-state index contributed by atoms with van der Waals surface area (Å²) in [7, 11) is 0. The van der Waals surface area contributed by atoms with Crippen molar-refractivity contribution in [3.63, 3.8) is 0 Å². The standard InChI is InChI=1S/C17H22O2/c18-17(13-8-4-2-1-3-5-9-13)15-12-19-16-11-7-6-10-14(15)16/h6-8,10-11,15,17-18H,1-5,9,12H2/b13-8+. The van der Waals surface area contributed by atoms with Crippen LogP contribution in [0, 0.1) is 0 Å². The number of benzene rings is 1. The predicted octanol–water partition coefficient (Wildman–Crippen LogP) is 3.80. The molecule has 0 aromatic heterocycles. The molecule has 0 saturated heterocycles. The molecule has 1 aliphatic carbocycles. The Bertz CT molecular complexity index is 464. The maximum Gasteiger partial charge on any atom is 0.123 e. The minimum Gasteiger partial charge on any atom is -0.493 e. The maximum atomic E-state index is 10.7. The van der Waals surface area contributed by atoms with Gasteiger partial charge in [0.05, 0.1) is 18.6 Å². The molecule has 3 rings (SSSR count). The van der Waals surface area contributed by atoms with E-state index in [4.69, 9.17) is 4.74 Å². The van der Waals surface area contributed by atoms with Crippen LogP contribution in [0.2, 0.25) is 0 Å². The summed E-state index contributed by atoms with van der Waals surface area (Å²) >= 11 is 0. The van der Waals surface area contributed by atoms with Crippen LogP contribution in [0.15, 0.2) is 35.9 Å². The highest BCUT2D eigenvalue weighted by Gasteiger charge is 2.31. The molecule has 2 unspecified atom stereocenters. The van der Waals surface area contributed by atoms with Gasteiger partial charge in [-0.05, 0) is 37.3 Å². The van der Waals surface area contributed by atoms with Gasteiger partial charge in [0.1, 0.15) is 5.75 Å². The number of hydrogen-bond donors (Lipinski definition) is 1. The molecule has 1 N–H and O–H groups in total. The lowest BCUT2D eigenvalue weighted by molar-refractivity contribution is 0.155. The molecule has 2 heteroatoms. The van der Waals surface area contributed by atoms with E-state index in [1.165, 1.54) is 31.3 Å². The fourth-order valence-corrected chi connectivity index (χ4v) is 3.19. The minimum atomic E-state index is -0.373. The first kappa shape index (κ1) is 12.7. The van der Waals surface area contributed by atoms with Gasteiger partial charge >= 0.3 is 0 Å². The summed E-state index contributed by atoms with van der Waals surface area (Å²) in [5.41, 5.74) is 2.39. The number of fused-ring (bicyclic) bond motifs is 1. The van der Waals surface area contributed by atoms with Crippen LogP contribution < -0.4 is 4.74 Å². The Morgan fingerprint density at radius 3 is 2.89 bits per heavy atom. The SMILES string of the molecule is OC(/C1=C/CCCCCC1)C1COc2ccccc21. The largest absolute Gasteiger partial charge is 0.493 e. The third-order valence-electron chi connectivity index (χ3n) is 4.32. The van der Waals surface area contributed by atoms with E-state index < -0.39 is 0 Å². The number of rotatable bonds is 2. The van der Waals surface area contributed by atoms with Crippen LogP contribution >= 0.6 is 0 Å². The number of ether oxygens (including phenoxy) is 1. The summed E-state index contributed by atoms with van der Waals surface area (Å²) in [5.74, 6) is 1.06. The van der Waals surface area contributed by atoms with E-state index >= 15 is 0 Å². The van der Waals surface area contributed by atoms with Crippen LogP contribution in [-0.4, -0.2) is 17.8 Å². The Morgan fingerprint density at radius 2 is 1.95 bits per heavy atom. The highest BCUT2D eigenvalue weighted by Crippen LogP contribution is 2.38. The zero-order valence-electron chi connectivity index (χ0n) is 11.3. The van der Waals surface area contributed by atoms with Crippen molar-refractivity contribution in [3.8, 4) is 5.75 Å². The zero-order valence-corrected chi connectivity index (χ0v) is 11.3. The molecule has 102 valence electrons. The Hall–Kier alpha value is -1.28. The molecule has 0 bridgehead atoms. The van der Waals surface area contributed by atoms with Crippen molar-refractivity contribution < 1.29 is 9.84 Å². The molecule has 0 amide bonds. The third kappa shape index (κ3) is 2.69. The van der Waals surface area contributed by atoms with Gasteiger partial charge in [0.15, 0.2) is 0 Å². The molecule has 2 atom stereocenters. The number of hydrogen-bond acceptors (Lipinski definition) is 2. The number of para-hydroxylation sites is 1. The molecule has 1 aromatic rings. The molecule has 0 radical (unpaired) electrons. The van der Waals surface area contributed by atoms with E-state index in [-0.39, 0.29) is 12.0 Å². The van der Waals surface area contributed by atoms with Crippen molar-refractivity contribution in [2.24, 2.45) is 0 Å². The van der Waals surface area contributed by atoms with Crippen molar-refractivity contribution in [2.75, 3.05) is 6.61 Å². The van der Waals surface area contributed by atoms with Crippen LogP contribution in [0.3, 0.4) is 0 Å². The van der Waals surface area contributed by atoms with Crippen molar-refractivity contribution in [1.29, 1.82) is 0 Å². The third-order valence-corrected chi connectivity index (χ3v) is 4.32. The van der Waals surface area contributed by atoms with Gasteiger partial charge in [-0.15, -0.1) is 0 Å². The number of allylic oxidation sites excluding steroid dienone is 1. The summed E-state index contributed by atoms with van der Waals surface area (Å²) < 4.78 is 5.69. The predicted molar refractivity (Wildman–Crippen MR) is 76.5 cm³/mol. The summed E-state index contributed by atoms with van der Waals surface area (Å²) in [6, 6.07) is 8.09. The number of aliphatic hydroxyl groups excluding tert-OH is 1. The van der Waals surface area contributed by atoms with E-state index in [0.29, 0.717) is 6.61 Å². The van der Waals surface area contributed by atoms with Gasteiger partial charge in [0, 0.05) is 5.56 Å². The zero-order chi connectivity index (χ0) is 13.1. The summed E-state index contributed by atoms with van der Waals surface area (Å²) in [5, 5.41) is 10.7. The molecule has 1 aromatic carbocycles. The van der Waals surface area contributed by atoms with Gasteiger partial charge in [-0.1, -0.05) is 37.1 Å². The molecular formula is C17H22O2. The molecule has 2 nitrogen and oxygen atoms in total. The van der Waals surface area contributed by atoms with E-state index in [1.807, 2.05) is 18.2 Å². The monoisotopic (exact) mass is 258 g/mol. The van der Waals surface area contributed by atoms with Gasteiger partial charge in [0.25, 0.3) is 0 Å². The van der Waals surface area contributed by atoms with Crippen molar-refractivity contribution in [2.45, 2.75) is 50.5 Å². The smallest absolute Gasteiger partial charge is 0.123 e. The van der Waals surface area contributed by atoms with E-state index in [1.54, 1.807) is 0 Å². The highest BCUT2D eigenvalue weighted by atomic mass is 16.5. The van der Waals surface area contributed by atoms with Gasteiger partial charge in [-0.3, -0.25) is 0 Å². The molecule has 0 spiro atoms. The topological polar surface area (TPSA) is 29.5 Å². The lowest BCUT2D eigenvalue weighted by atomic mass is 9.86. The van der Waals surface area contributed by atoms with Crippen LogP contribution in [0.25, 0.3) is 0 Å². The van der Waals surface area contributed by atoms with Gasteiger partial charge in [0.2, 0.25) is 0 Å². The molecule has 1 heterocycles. The second-order valence-corrected chi connectivity index (χ2v) is 5.63. The van der Waals surface area contributed by atoms with Gasteiger partial charge in [-0.25, -0.2) is 0 Å². The normalized spacial score (nSPS) is 27.4. The fourth-order valence-electron chi connectivity index (χ4n) is 3.19. The summed E-state index contributed by atoms with van der Waals surface area (Å²) in [6.45, 7) is 0.609. The molecule has 19 heavy (non-hydrogen) atoms. The Labute approximate surface area is 115 Å². The first-order valence-electron chi connectivity index (χ1n) is 7.45. The first-order chi connectivity index (χ1) is 9.36. The van der Waals surface area contributed by atoms with Crippen molar-refractivity contribution in [1.82, 2.24) is 0 Å². The Morgan fingerprint density at radius 1 is 1.11 bits per heavy atom.